The number of rotatable bonds is 6. The number of aliphatic hydroxyl groups is 1. The second-order valence-corrected chi connectivity index (χ2v) is 9.88. The molecule has 2 aliphatic carbocycles. The average molecular weight is 468 g/mol. The normalized spacial score (nSPS) is 25.4. The molecule has 0 aliphatic heterocycles. The minimum absolute atomic E-state index is 0.165. The van der Waals surface area contributed by atoms with Crippen molar-refractivity contribution in [2.45, 2.75) is 76.4 Å². The Labute approximate surface area is 199 Å². The quantitative estimate of drug-likeness (QED) is 0.424. The maximum absolute atomic E-state index is 14.6. The highest BCUT2D eigenvalue weighted by Crippen LogP contribution is 2.37. The fourth-order valence-corrected chi connectivity index (χ4v) is 5.33. The van der Waals surface area contributed by atoms with Gasteiger partial charge in [-0.3, -0.25) is 4.57 Å². The number of nitrogens with two attached hydrogens (primary N) is 1. The first-order valence-corrected chi connectivity index (χ1v) is 12.4. The third kappa shape index (κ3) is 4.72. The van der Waals surface area contributed by atoms with Crippen LogP contribution in [0.4, 0.5) is 22.0 Å². The summed E-state index contributed by atoms with van der Waals surface area (Å²) >= 11 is 0. The number of hydrogen-bond acceptors (Lipinski definition) is 7. The van der Waals surface area contributed by atoms with Gasteiger partial charge in [0.25, 0.3) is 0 Å². The molecule has 5 N–H and O–H groups in total. The zero-order chi connectivity index (χ0) is 23.7. The highest BCUT2D eigenvalue weighted by atomic mass is 19.1. The molecule has 0 bridgehead atoms. The predicted octanol–water partition coefficient (Wildman–Crippen LogP) is 4.42. The van der Waals surface area contributed by atoms with Gasteiger partial charge < -0.3 is 21.5 Å². The van der Waals surface area contributed by atoms with Crippen LogP contribution in [0, 0.1) is 18.7 Å². The van der Waals surface area contributed by atoms with Crippen LogP contribution < -0.4 is 16.4 Å². The molecule has 2 heterocycles. The van der Waals surface area contributed by atoms with Crippen molar-refractivity contribution in [3.05, 3.63) is 35.8 Å². The molecule has 3 aromatic rings. The number of aromatic nitrogens is 4. The minimum atomic E-state index is -0.313. The van der Waals surface area contributed by atoms with Gasteiger partial charge >= 0.3 is 0 Å². The lowest BCUT2D eigenvalue weighted by atomic mass is 9.86. The van der Waals surface area contributed by atoms with E-state index < -0.39 is 0 Å². The highest BCUT2D eigenvalue weighted by molar-refractivity contribution is 5.77. The van der Waals surface area contributed by atoms with E-state index in [1.54, 1.807) is 12.3 Å². The van der Waals surface area contributed by atoms with Crippen LogP contribution in [0.25, 0.3) is 11.2 Å². The van der Waals surface area contributed by atoms with Crippen molar-refractivity contribution in [3.8, 4) is 0 Å². The summed E-state index contributed by atoms with van der Waals surface area (Å²) in [5.41, 5.74) is 8.71. The number of benzene rings is 1. The van der Waals surface area contributed by atoms with E-state index >= 15 is 0 Å². The maximum Gasteiger partial charge on any atom is 0.224 e. The highest BCUT2D eigenvalue weighted by Gasteiger charge is 2.27. The maximum atomic E-state index is 14.6. The third-order valence-electron chi connectivity index (χ3n) is 7.44. The van der Waals surface area contributed by atoms with E-state index in [1.807, 2.05) is 13.0 Å². The summed E-state index contributed by atoms with van der Waals surface area (Å²) in [5.74, 6) is 1.19. The number of nitrogens with one attached hydrogen (secondary N) is 2. The number of imidazole rings is 1. The van der Waals surface area contributed by atoms with Crippen molar-refractivity contribution >= 4 is 28.7 Å². The summed E-state index contributed by atoms with van der Waals surface area (Å²) < 4.78 is 16.8. The Morgan fingerprint density at radius 1 is 1.09 bits per heavy atom. The number of para-hydroxylation sites is 1. The van der Waals surface area contributed by atoms with Gasteiger partial charge in [-0.1, -0.05) is 12.1 Å². The van der Waals surface area contributed by atoms with Gasteiger partial charge in [-0.05, 0) is 75.8 Å². The molecule has 8 nitrogen and oxygen atoms in total. The Kier molecular flexibility index (Phi) is 6.65. The fraction of sp³-hybridized carbons (Fsp3) is 0.560. The molecule has 1 aromatic carbocycles. The average Bonchev–Trinajstić information content (AvgIpc) is 3.20. The van der Waals surface area contributed by atoms with Crippen LogP contribution in [0.1, 0.15) is 63.0 Å². The van der Waals surface area contributed by atoms with Crippen LogP contribution in [0.3, 0.4) is 0 Å². The van der Waals surface area contributed by atoms with Gasteiger partial charge in [0.1, 0.15) is 11.3 Å². The van der Waals surface area contributed by atoms with Gasteiger partial charge in [-0.15, -0.1) is 0 Å². The lowest BCUT2D eigenvalue weighted by molar-refractivity contribution is 0.170. The first-order chi connectivity index (χ1) is 16.5. The Morgan fingerprint density at radius 3 is 2.56 bits per heavy atom. The summed E-state index contributed by atoms with van der Waals surface area (Å²) in [7, 11) is 0. The molecular formula is C25H34FN7O. The monoisotopic (exact) mass is 467 g/mol. The van der Waals surface area contributed by atoms with Gasteiger partial charge in [-0.2, -0.15) is 4.98 Å². The molecule has 0 radical (unpaired) electrons. The second-order valence-electron chi connectivity index (χ2n) is 9.88. The smallest absolute Gasteiger partial charge is 0.224 e. The molecule has 0 amide bonds. The van der Waals surface area contributed by atoms with Crippen molar-refractivity contribution in [1.82, 2.24) is 19.5 Å². The fourth-order valence-electron chi connectivity index (χ4n) is 5.33. The van der Waals surface area contributed by atoms with E-state index in [1.165, 1.54) is 6.07 Å². The molecular weight excluding hydrogens is 433 g/mol. The SMILES string of the molecule is Cc1cccc(F)c1Nc1nc2cnc(N[C@H]3CC[C@H](N)CC3)nc2n1[C@H]1CC[C@@H](CO)CC1. The van der Waals surface area contributed by atoms with E-state index in [4.69, 9.17) is 15.7 Å². The van der Waals surface area contributed by atoms with Crippen LogP contribution in [-0.4, -0.2) is 43.3 Å². The number of hydrogen-bond donors (Lipinski definition) is 4. The molecule has 0 atom stereocenters. The predicted molar refractivity (Wildman–Crippen MR) is 132 cm³/mol. The van der Waals surface area contributed by atoms with Crippen molar-refractivity contribution < 1.29 is 9.50 Å². The molecule has 2 aromatic heterocycles. The van der Waals surface area contributed by atoms with Crippen LogP contribution in [0.5, 0.6) is 0 Å². The second kappa shape index (κ2) is 9.84. The summed E-state index contributed by atoms with van der Waals surface area (Å²) in [6.45, 7) is 2.10. The minimum Gasteiger partial charge on any atom is -0.396 e. The number of aliphatic hydroxyl groups excluding tert-OH is 1. The number of halogens is 1. The van der Waals surface area contributed by atoms with Crippen molar-refractivity contribution in [2.24, 2.45) is 11.7 Å². The van der Waals surface area contributed by atoms with Crippen LogP contribution in [0.2, 0.25) is 0 Å². The Morgan fingerprint density at radius 2 is 1.85 bits per heavy atom. The van der Waals surface area contributed by atoms with E-state index in [0.29, 0.717) is 35.1 Å². The lowest BCUT2D eigenvalue weighted by Crippen LogP contribution is -2.33. The number of anilines is 3. The van der Waals surface area contributed by atoms with E-state index in [0.717, 1.165) is 62.6 Å². The number of aryl methyl sites for hydroxylation is 1. The van der Waals surface area contributed by atoms with Crippen molar-refractivity contribution in [1.29, 1.82) is 0 Å². The summed E-state index contributed by atoms with van der Waals surface area (Å²) in [4.78, 5) is 14.2. The van der Waals surface area contributed by atoms with E-state index in [9.17, 15) is 9.50 Å². The Bertz CT molecular complexity index is 1110. The standard InChI is InChI=1S/C25H34FN7O/c1-15-3-2-4-20(26)22(15)31-25-30-21-13-28-24(29-18-9-7-17(27)8-10-18)32-23(21)33(25)19-11-5-16(14-34)6-12-19/h2-4,13,16-19,34H,5-12,14,27H2,1H3,(H,30,31)(H,28,29,32)/t16-,17-,18-,19+. The van der Waals surface area contributed by atoms with Gasteiger partial charge in [-0.25, -0.2) is 14.4 Å². The molecule has 2 aliphatic rings. The van der Waals surface area contributed by atoms with E-state index in [-0.39, 0.29) is 24.5 Å². The van der Waals surface area contributed by atoms with Gasteiger partial charge in [0.2, 0.25) is 11.9 Å². The molecule has 5 rings (SSSR count). The Hall–Kier alpha value is -2.78. The molecule has 9 heteroatoms. The molecule has 0 unspecified atom stereocenters. The number of nitrogens with zero attached hydrogens (tertiary/aromatic N) is 4. The van der Waals surface area contributed by atoms with Crippen molar-refractivity contribution in [2.75, 3.05) is 17.2 Å². The first-order valence-electron chi connectivity index (χ1n) is 12.4. The summed E-state index contributed by atoms with van der Waals surface area (Å²) in [6, 6.07) is 5.80. The molecule has 0 saturated heterocycles. The largest absolute Gasteiger partial charge is 0.396 e. The van der Waals surface area contributed by atoms with E-state index in [2.05, 4.69) is 20.2 Å². The zero-order valence-electron chi connectivity index (χ0n) is 19.7. The van der Waals surface area contributed by atoms with Crippen molar-refractivity contribution in [3.63, 3.8) is 0 Å². The zero-order valence-corrected chi connectivity index (χ0v) is 19.7. The summed E-state index contributed by atoms with van der Waals surface area (Å²) in [5, 5.41) is 16.3. The third-order valence-corrected chi connectivity index (χ3v) is 7.44. The van der Waals surface area contributed by atoms with Gasteiger partial charge in [0.15, 0.2) is 5.65 Å². The number of fused-ring (bicyclic) bond motifs is 1. The summed E-state index contributed by atoms with van der Waals surface area (Å²) in [6.07, 6.45) is 9.47. The molecule has 182 valence electrons. The van der Waals surface area contributed by atoms with Gasteiger partial charge in [0, 0.05) is 24.7 Å². The molecule has 0 spiro atoms. The van der Waals surface area contributed by atoms with Crippen LogP contribution >= 0.6 is 0 Å². The topological polar surface area (TPSA) is 114 Å². The van der Waals surface area contributed by atoms with Crippen LogP contribution in [0.15, 0.2) is 24.4 Å². The molecule has 2 fully saturated rings. The van der Waals surface area contributed by atoms with Gasteiger partial charge in [0.05, 0.1) is 11.9 Å². The lowest BCUT2D eigenvalue weighted by Gasteiger charge is -2.30. The van der Waals surface area contributed by atoms with Crippen LogP contribution in [-0.2, 0) is 0 Å². The first kappa shape index (κ1) is 23.0. The molecule has 2 saturated carbocycles. The Balaban J connectivity index is 1.50. The molecule has 34 heavy (non-hydrogen) atoms.